The number of anilines is 2. The van der Waals surface area contributed by atoms with Crippen LogP contribution >= 0.6 is 23.2 Å². The highest BCUT2D eigenvalue weighted by Gasteiger charge is 2.21. The lowest BCUT2D eigenvalue weighted by Crippen LogP contribution is -2.48. The van der Waals surface area contributed by atoms with E-state index in [0.29, 0.717) is 22.3 Å². The minimum absolute atomic E-state index is 0.0973. The van der Waals surface area contributed by atoms with Crippen LogP contribution in [0.1, 0.15) is 0 Å². The summed E-state index contributed by atoms with van der Waals surface area (Å²) < 4.78 is 5.43. The van der Waals surface area contributed by atoms with Gasteiger partial charge in [0.15, 0.2) is 0 Å². The highest BCUT2D eigenvalue weighted by atomic mass is 35.5. The molecule has 0 bridgehead atoms. The van der Waals surface area contributed by atoms with Crippen molar-refractivity contribution in [3.05, 3.63) is 52.5 Å². The first-order chi connectivity index (χ1) is 12.6. The van der Waals surface area contributed by atoms with Gasteiger partial charge in [0.2, 0.25) is 5.91 Å². The van der Waals surface area contributed by atoms with Gasteiger partial charge >= 0.3 is 0 Å². The Morgan fingerprint density at radius 3 is 2.58 bits per heavy atom. The summed E-state index contributed by atoms with van der Waals surface area (Å²) in [4.78, 5) is 16.7. The number of hydrogen-bond acceptors (Lipinski definition) is 4. The molecule has 5 nitrogen and oxygen atoms in total. The molecular formula is C19H21Cl2N3O2. The summed E-state index contributed by atoms with van der Waals surface area (Å²) in [5.74, 6) is 0.772. The van der Waals surface area contributed by atoms with E-state index in [4.69, 9.17) is 27.9 Å². The maximum atomic E-state index is 12.3. The Morgan fingerprint density at radius 2 is 1.85 bits per heavy atom. The summed E-state index contributed by atoms with van der Waals surface area (Å²) >= 11 is 12.0. The molecule has 7 heteroatoms. The van der Waals surface area contributed by atoms with Crippen LogP contribution < -0.4 is 15.0 Å². The van der Waals surface area contributed by atoms with Gasteiger partial charge in [-0.3, -0.25) is 9.69 Å². The molecule has 1 saturated heterocycles. The molecule has 26 heavy (non-hydrogen) atoms. The van der Waals surface area contributed by atoms with Crippen LogP contribution in [0.2, 0.25) is 10.0 Å². The minimum Gasteiger partial charge on any atom is -0.495 e. The lowest BCUT2D eigenvalue weighted by molar-refractivity contribution is -0.117. The average Bonchev–Trinajstić information content (AvgIpc) is 2.65. The summed E-state index contributed by atoms with van der Waals surface area (Å²) in [5, 5.41) is 3.84. The van der Waals surface area contributed by atoms with E-state index in [9.17, 15) is 4.79 Å². The Bertz CT molecular complexity index is 777. The lowest BCUT2D eigenvalue weighted by atomic mass is 10.2. The number of hydrogen-bond donors (Lipinski definition) is 1. The highest BCUT2D eigenvalue weighted by Crippen LogP contribution is 2.28. The topological polar surface area (TPSA) is 44.8 Å². The fraction of sp³-hybridized carbons (Fsp3) is 0.316. The quantitative estimate of drug-likeness (QED) is 0.839. The van der Waals surface area contributed by atoms with E-state index in [2.05, 4.69) is 21.2 Å². The first-order valence-electron chi connectivity index (χ1n) is 8.42. The predicted octanol–water partition coefficient (Wildman–Crippen LogP) is 3.76. The Kier molecular flexibility index (Phi) is 6.25. The second-order valence-corrected chi connectivity index (χ2v) is 6.95. The van der Waals surface area contributed by atoms with Crippen LogP contribution in [0.4, 0.5) is 11.4 Å². The fourth-order valence-electron chi connectivity index (χ4n) is 3.02. The molecular weight excluding hydrogens is 373 g/mol. The normalized spacial score (nSPS) is 15.0. The number of nitrogens with zero attached hydrogens (tertiary/aromatic N) is 2. The number of carbonyl (C=O) groups is 1. The molecule has 2 aromatic rings. The third-order valence-corrected chi connectivity index (χ3v) is 4.93. The Balaban J connectivity index is 1.54. The molecule has 0 radical (unpaired) electrons. The van der Waals surface area contributed by atoms with Gasteiger partial charge in [0.05, 0.1) is 30.1 Å². The third-order valence-electron chi connectivity index (χ3n) is 4.37. The van der Waals surface area contributed by atoms with Gasteiger partial charge in [-0.1, -0.05) is 35.3 Å². The number of nitrogens with one attached hydrogen (secondary N) is 1. The highest BCUT2D eigenvalue weighted by molar-refractivity contribution is 6.35. The SMILES string of the molecule is COc1ccccc1N1CCN(CC(=O)Nc2cc(Cl)ccc2Cl)CC1. The molecule has 0 aliphatic carbocycles. The fourth-order valence-corrected chi connectivity index (χ4v) is 3.36. The molecule has 3 rings (SSSR count). The summed E-state index contributed by atoms with van der Waals surface area (Å²) in [6, 6.07) is 13.0. The van der Waals surface area contributed by atoms with E-state index in [1.807, 2.05) is 18.2 Å². The standard InChI is InChI=1S/C19H21Cl2N3O2/c1-26-18-5-3-2-4-17(18)24-10-8-23(9-11-24)13-19(25)22-16-12-14(20)6-7-15(16)21/h2-7,12H,8-11,13H2,1H3,(H,22,25). The van der Waals surface area contributed by atoms with Crippen molar-refractivity contribution in [2.45, 2.75) is 0 Å². The molecule has 0 aromatic heterocycles. The van der Waals surface area contributed by atoms with E-state index >= 15 is 0 Å². The number of methoxy groups -OCH3 is 1. The Labute approximate surface area is 163 Å². The van der Waals surface area contributed by atoms with Crippen molar-refractivity contribution in [1.29, 1.82) is 0 Å². The second kappa shape index (κ2) is 8.62. The van der Waals surface area contributed by atoms with Gasteiger partial charge < -0.3 is 15.0 Å². The van der Waals surface area contributed by atoms with Crippen molar-refractivity contribution >= 4 is 40.5 Å². The molecule has 2 aromatic carbocycles. The molecule has 1 aliphatic rings. The molecule has 0 unspecified atom stereocenters. The van der Waals surface area contributed by atoms with E-state index < -0.39 is 0 Å². The van der Waals surface area contributed by atoms with Crippen molar-refractivity contribution < 1.29 is 9.53 Å². The number of carbonyl (C=O) groups excluding carboxylic acids is 1. The summed E-state index contributed by atoms with van der Waals surface area (Å²) in [6.45, 7) is 3.60. The number of amides is 1. The van der Waals surface area contributed by atoms with Crippen molar-refractivity contribution in [3.63, 3.8) is 0 Å². The van der Waals surface area contributed by atoms with Crippen LogP contribution in [0.15, 0.2) is 42.5 Å². The van der Waals surface area contributed by atoms with Crippen molar-refractivity contribution in [2.24, 2.45) is 0 Å². The lowest BCUT2D eigenvalue weighted by Gasteiger charge is -2.36. The first kappa shape index (κ1) is 18.8. The summed E-state index contributed by atoms with van der Waals surface area (Å²) in [5.41, 5.74) is 1.63. The number of para-hydroxylation sites is 2. The second-order valence-electron chi connectivity index (χ2n) is 6.11. The molecule has 1 fully saturated rings. The van der Waals surface area contributed by atoms with Crippen LogP contribution in [-0.2, 0) is 4.79 Å². The number of halogens is 2. The van der Waals surface area contributed by atoms with Gasteiger partial charge in [-0.25, -0.2) is 0 Å². The molecule has 0 saturated carbocycles. The monoisotopic (exact) mass is 393 g/mol. The van der Waals surface area contributed by atoms with Gasteiger partial charge in [-0.05, 0) is 30.3 Å². The minimum atomic E-state index is -0.0973. The van der Waals surface area contributed by atoms with Crippen LogP contribution in [0, 0.1) is 0 Å². The molecule has 1 amide bonds. The number of benzene rings is 2. The smallest absolute Gasteiger partial charge is 0.238 e. The summed E-state index contributed by atoms with van der Waals surface area (Å²) in [6.07, 6.45) is 0. The van der Waals surface area contributed by atoms with E-state index in [1.54, 1.807) is 25.3 Å². The molecule has 1 aliphatic heterocycles. The van der Waals surface area contributed by atoms with Crippen molar-refractivity contribution in [2.75, 3.05) is 50.1 Å². The van der Waals surface area contributed by atoms with Gasteiger partial charge in [0.25, 0.3) is 0 Å². The number of ether oxygens (including phenoxy) is 1. The maximum Gasteiger partial charge on any atom is 0.238 e. The third kappa shape index (κ3) is 4.61. The average molecular weight is 394 g/mol. The van der Waals surface area contributed by atoms with Crippen LogP contribution in [-0.4, -0.2) is 50.6 Å². The zero-order chi connectivity index (χ0) is 18.5. The Hall–Kier alpha value is -1.95. The van der Waals surface area contributed by atoms with Crippen molar-refractivity contribution in [1.82, 2.24) is 4.90 Å². The zero-order valence-corrected chi connectivity index (χ0v) is 16.1. The zero-order valence-electron chi connectivity index (χ0n) is 14.5. The summed E-state index contributed by atoms with van der Waals surface area (Å²) in [7, 11) is 1.68. The van der Waals surface area contributed by atoms with Gasteiger partial charge in [-0.2, -0.15) is 0 Å². The van der Waals surface area contributed by atoms with E-state index in [0.717, 1.165) is 37.6 Å². The van der Waals surface area contributed by atoms with Crippen LogP contribution in [0.25, 0.3) is 0 Å². The first-order valence-corrected chi connectivity index (χ1v) is 9.17. The van der Waals surface area contributed by atoms with E-state index in [1.165, 1.54) is 0 Å². The van der Waals surface area contributed by atoms with Crippen molar-refractivity contribution in [3.8, 4) is 5.75 Å². The maximum absolute atomic E-state index is 12.3. The largest absolute Gasteiger partial charge is 0.495 e. The van der Waals surface area contributed by atoms with Crippen LogP contribution in [0.5, 0.6) is 5.75 Å². The molecule has 0 spiro atoms. The number of rotatable bonds is 5. The van der Waals surface area contributed by atoms with Gasteiger partial charge in [0, 0.05) is 31.2 Å². The van der Waals surface area contributed by atoms with Gasteiger partial charge in [-0.15, -0.1) is 0 Å². The molecule has 0 atom stereocenters. The number of piperazine rings is 1. The van der Waals surface area contributed by atoms with Crippen LogP contribution in [0.3, 0.4) is 0 Å². The van der Waals surface area contributed by atoms with E-state index in [-0.39, 0.29) is 5.91 Å². The predicted molar refractivity (Wildman–Crippen MR) is 107 cm³/mol. The molecule has 138 valence electrons. The van der Waals surface area contributed by atoms with Gasteiger partial charge in [0.1, 0.15) is 5.75 Å². The Morgan fingerprint density at radius 1 is 1.12 bits per heavy atom. The molecule has 1 heterocycles. The molecule has 1 N–H and O–H groups in total.